The molecule has 0 bridgehead atoms. The molecule has 0 saturated heterocycles. The third-order valence-corrected chi connectivity index (χ3v) is 3.96. The summed E-state index contributed by atoms with van der Waals surface area (Å²) in [4.78, 5) is 0. The van der Waals surface area contributed by atoms with Crippen LogP contribution in [-0.2, 0) is 5.41 Å². The van der Waals surface area contributed by atoms with Crippen molar-refractivity contribution >= 4 is 0 Å². The molecule has 2 heteroatoms. The van der Waals surface area contributed by atoms with Gasteiger partial charge in [0.1, 0.15) is 5.75 Å². The highest BCUT2D eigenvalue weighted by Crippen LogP contribution is 2.42. The van der Waals surface area contributed by atoms with E-state index in [4.69, 9.17) is 4.74 Å². The van der Waals surface area contributed by atoms with Gasteiger partial charge in [-0.25, -0.2) is 0 Å². The van der Waals surface area contributed by atoms with Crippen LogP contribution in [0.3, 0.4) is 0 Å². The van der Waals surface area contributed by atoms with E-state index in [1.54, 1.807) is 0 Å². The Morgan fingerprint density at radius 2 is 2.18 bits per heavy atom. The van der Waals surface area contributed by atoms with Crippen molar-refractivity contribution in [2.24, 2.45) is 5.92 Å². The summed E-state index contributed by atoms with van der Waals surface area (Å²) in [5, 5.41) is 10.2. The highest BCUT2D eigenvalue weighted by atomic mass is 16.5. The van der Waals surface area contributed by atoms with Crippen molar-refractivity contribution in [1.82, 2.24) is 0 Å². The number of fused-ring (bicyclic) bond motifs is 1. The van der Waals surface area contributed by atoms with E-state index < -0.39 is 0 Å². The molecule has 0 aromatic heterocycles. The van der Waals surface area contributed by atoms with Crippen molar-refractivity contribution in [2.75, 3.05) is 6.61 Å². The van der Waals surface area contributed by atoms with Crippen molar-refractivity contribution in [3.63, 3.8) is 0 Å². The summed E-state index contributed by atoms with van der Waals surface area (Å²) in [6.45, 7) is 5.12. The lowest BCUT2D eigenvalue weighted by Crippen LogP contribution is -2.18. The molecule has 1 fully saturated rings. The normalized spacial score (nSPS) is 23.0. The van der Waals surface area contributed by atoms with Gasteiger partial charge >= 0.3 is 0 Å². The monoisotopic (exact) mass is 232 g/mol. The lowest BCUT2D eigenvalue weighted by Gasteiger charge is -2.17. The van der Waals surface area contributed by atoms with E-state index in [9.17, 15) is 5.11 Å². The molecule has 1 aliphatic heterocycles. The van der Waals surface area contributed by atoms with Gasteiger partial charge in [-0.1, -0.05) is 32.8 Å². The molecule has 0 radical (unpaired) electrons. The maximum absolute atomic E-state index is 10.2. The van der Waals surface area contributed by atoms with Crippen LogP contribution in [-0.4, -0.2) is 11.7 Å². The summed E-state index contributed by atoms with van der Waals surface area (Å²) in [6.07, 6.45) is 3.19. The quantitative estimate of drug-likeness (QED) is 0.867. The molecular weight excluding hydrogens is 212 g/mol. The molecule has 1 aromatic carbocycles. The Morgan fingerprint density at radius 1 is 1.41 bits per heavy atom. The minimum Gasteiger partial charge on any atom is -0.492 e. The topological polar surface area (TPSA) is 29.5 Å². The molecule has 17 heavy (non-hydrogen) atoms. The molecule has 0 spiro atoms. The Balaban J connectivity index is 1.86. The van der Waals surface area contributed by atoms with Gasteiger partial charge in [-0.05, 0) is 30.0 Å². The van der Waals surface area contributed by atoms with Crippen molar-refractivity contribution in [1.29, 1.82) is 0 Å². The summed E-state index contributed by atoms with van der Waals surface area (Å²) in [5.74, 6) is 1.74. The predicted molar refractivity (Wildman–Crippen MR) is 67.3 cm³/mol. The lowest BCUT2D eigenvalue weighted by atomic mass is 9.85. The van der Waals surface area contributed by atoms with Crippen LogP contribution in [0, 0.1) is 5.92 Å². The van der Waals surface area contributed by atoms with Gasteiger partial charge in [0.25, 0.3) is 0 Å². The number of aliphatic hydroxyl groups excluding tert-OH is 1. The van der Waals surface area contributed by atoms with E-state index in [0.717, 1.165) is 30.3 Å². The third-order valence-electron chi connectivity index (χ3n) is 3.96. The van der Waals surface area contributed by atoms with Gasteiger partial charge in [-0.3, -0.25) is 0 Å². The fourth-order valence-corrected chi connectivity index (χ4v) is 2.55. The number of hydrogen-bond acceptors (Lipinski definition) is 2. The third kappa shape index (κ3) is 2.06. The second kappa shape index (κ2) is 3.74. The Labute approximate surface area is 103 Å². The highest BCUT2D eigenvalue weighted by molar-refractivity contribution is 5.45. The first kappa shape index (κ1) is 11.1. The van der Waals surface area contributed by atoms with Crippen LogP contribution in [0.5, 0.6) is 5.75 Å². The van der Waals surface area contributed by atoms with E-state index in [1.165, 1.54) is 18.4 Å². The van der Waals surface area contributed by atoms with Gasteiger partial charge in [0.15, 0.2) is 0 Å². The maximum atomic E-state index is 10.2. The molecule has 2 nitrogen and oxygen atoms in total. The van der Waals surface area contributed by atoms with Crippen molar-refractivity contribution in [2.45, 2.75) is 44.6 Å². The second-order valence-corrected chi connectivity index (χ2v) is 6.12. The minimum atomic E-state index is -0.302. The summed E-state index contributed by atoms with van der Waals surface area (Å²) in [7, 11) is 0. The summed E-state index contributed by atoms with van der Waals surface area (Å²) < 4.78 is 5.66. The van der Waals surface area contributed by atoms with Crippen molar-refractivity contribution in [3.05, 3.63) is 29.3 Å². The first-order valence-electron chi connectivity index (χ1n) is 6.51. The number of ether oxygens (including phenoxy) is 1. The zero-order valence-corrected chi connectivity index (χ0v) is 10.6. The van der Waals surface area contributed by atoms with Crippen LogP contribution in [0.15, 0.2) is 18.2 Å². The molecule has 1 saturated carbocycles. The Hall–Kier alpha value is -1.02. The standard InChI is InChI=1S/C15H20O2/c1-15(2)9-17-14-6-5-11(8-12(14)15)13(16)7-10-3-4-10/h5-6,8,10,13,16H,3-4,7,9H2,1-2H3. The van der Waals surface area contributed by atoms with Gasteiger partial charge in [-0.15, -0.1) is 0 Å². The number of hydrogen-bond donors (Lipinski definition) is 1. The number of rotatable bonds is 3. The van der Waals surface area contributed by atoms with E-state index in [-0.39, 0.29) is 11.5 Å². The van der Waals surface area contributed by atoms with Gasteiger partial charge in [-0.2, -0.15) is 0 Å². The Morgan fingerprint density at radius 3 is 2.88 bits per heavy atom. The fraction of sp³-hybridized carbons (Fsp3) is 0.600. The van der Waals surface area contributed by atoms with Crippen LogP contribution >= 0.6 is 0 Å². The molecule has 2 aliphatic rings. The first-order valence-corrected chi connectivity index (χ1v) is 6.51. The predicted octanol–water partition coefficient (Wildman–Crippen LogP) is 3.19. The molecule has 3 rings (SSSR count). The number of benzene rings is 1. The molecule has 1 atom stereocenters. The molecule has 1 heterocycles. The SMILES string of the molecule is CC1(C)COc2ccc(C(O)CC3CC3)cc21. The van der Waals surface area contributed by atoms with Crippen LogP contribution in [0.25, 0.3) is 0 Å². The molecule has 1 aliphatic carbocycles. The zero-order valence-electron chi connectivity index (χ0n) is 10.6. The molecule has 0 amide bonds. The van der Waals surface area contributed by atoms with Crippen LogP contribution in [0.1, 0.15) is 50.3 Å². The fourth-order valence-electron chi connectivity index (χ4n) is 2.55. The van der Waals surface area contributed by atoms with Crippen LogP contribution in [0.4, 0.5) is 0 Å². The van der Waals surface area contributed by atoms with Crippen LogP contribution < -0.4 is 4.74 Å². The highest BCUT2D eigenvalue weighted by Gasteiger charge is 2.33. The van der Waals surface area contributed by atoms with Crippen molar-refractivity contribution in [3.8, 4) is 5.75 Å². The van der Waals surface area contributed by atoms with E-state index in [2.05, 4.69) is 19.9 Å². The maximum Gasteiger partial charge on any atom is 0.123 e. The van der Waals surface area contributed by atoms with E-state index in [1.807, 2.05) is 12.1 Å². The van der Waals surface area contributed by atoms with Gasteiger partial charge in [0.05, 0.1) is 12.7 Å². The smallest absolute Gasteiger partial charge is 0.123 e. The molecule has 92 valence electrons. The van der Waals surface area contributed by atoms with Gasteiger partial charge in [0, 0.05) is 11.0 Å². The molecular formula is C15H20O2. The molecule has 1 unspecified atom stereocenters. The average Bonchev–Trinajstić information content (AvgIpc) is 3.05. The largest absolute Gasteiger partial charge is 0.492 e. The second-order valence-electron chi connectivity index (χ2n) is 6.12. The van der Waals surface area contributed by atoms with Crippen molar-refractivity contribution < 1.29 is 9.84 Å². The lowest BCUT2D eigenvalue weighted by molar-refractivity contribution is 0.160. The Bertz CT molecular complexity index is 433. The average molecular weight is 232 g/mol. The number of aliphatic hydroxyl groups is 1. The van der Waals surface area contributed by atoms with Gasteiger partial charge in [0.2, 0.25) is 0 Å². The first-order chi connectivity index (χ1) is 8.06. The molecule has 1 aromatic rings. The van der Waals surface area contributed by atoms with E-state index >= 15 is 0 Å². The van der Waals surface area contributed by atoms with Crippen LogP contribution in [0.2, 0.25) is 0 Å². The minimum absolute atomic E-state index is 0.0741. The Kier molecular flexibility index (Phi) is 2.44. The zero-order chi connectivity index (χ0) is 12.0. The van der Waals surface area contributed by atoms with Gasteiger partial charge < -0.3 is 9.84 Å². The van der Waals surface area contributed by atoms with E-state index in [0.29, 0.717) is 0 Å². The molecule has 1 N–H and O–H groups in total. The summed E-state index contributed by atoms with van der Waals surface area (Å²) in [5.41, 5.74) is 2.36. The summed E-state index contributed by atoms with van der Waals surface area (Å²) in [6, 6.07) is 6.15. The summed E-state index contributed by atoms with van der Waals surface area (Å²) >= 11 is 0.